The topological polar surface area (TPSA) is 81.2 Å². The second kappa shape index (κ2) is 7.65. The first-order chi connectivity index (χ1) is 10.5. The fourth-order valence-electron chi connectivity index (χ4n) is 2.03. The van der Waals surface area contributed by atoms with Crippen LogP contribution in [0.5, 0.6) is 5.75 Å². The molecule has 1 aromatic heterocycles. The first kappa shape index (κ1) is 16.1. The SMILES string of the molecule is CN(C)Cc1cccc(OCCCNc2nc(N)n(C)n2)c1. The summed E-state index contributed by atoms with van der Waals surface area (Å²) in [4.78, 5) is 6.21. The number of hydrogen-bond acceptors (Lipinski definition) is 6. The van der Waals surface area contributed by atoms with Gasteiger partial charge in [0, 0.05) is 20.1 Å². The molecule has 3 N–H and O–H groups in total. The molecule has 2 rings (SSSR count). The number of aromatic nitrogens is 3. The average Bonchev–Trinajstić information content (AvgIpc) is 2.77. The molecule has 1 aromatic carbocycles. The summed E-state index contributed by atoms with van der Waals surface area (Å²) < 4.78 is 7.30. The van der Waals surface area contributed by atoms with Gasteiger partial charge in [-0.05, 0) is 38.2 Å². The molecule has 0 saturated carbocycles. The number of benzene rings is 1. The molecule has 0 aliphatic heterocycles. The molecule has 1 heterocycles. The van der Waals surface area contributed by atoms with Crippen molar-refractivity contribution in [3.05, 3.63) is 29.8 Å². The molecular formula is C15H24N6O. The lowest BCUT2D eigenvalue weighted by Crippen LogP contribution is -2.11. The van der Waals surface area contributed by atoms with Crippen molar-refractivity contribution in [1.82, 2.24) is 19.7 Å². The maximum atomic E-state index is 5.77. The third-order valence-electron chi connectivity index (χ3n) is 3.07. The van der Waals surface area contributed by atoms with Gasteiger partial charge in [0.15, 0.2) is 0 Å². The van der Waals surface area contributed by atoms with E-state index in [9.17, 15) is 0 Å². The van der Waals surface area contributed by atoms with Crippen molar-refractivity contribution in [1.29, 1.82) is 0 Å². The maximum Gasteiger partial charge on any atom is 0.243 e. The molecule has 0 saturated heterocycles. The minimum Gasteiger partial charge on any atom is -0.494 e. The zero-order valence-electron chi connectivity index (χ0n) is 13.4. The minimum atomic E-state index is 0.399. The average molecular weight is 304 g/mol. The highest BCUT2D eigenvalue weighted by atomic mass is 16.5. The molecule has 0 bridgehead atoms. The van der Waals surface area contributed by atoms with Crippen molar-refractivity contribution in [2.24, 2.45) is 7.05 Å². The van der Waals surface area contributed by atoms with Crippen LogP contribution in [0.4, 0.5) is 11.9 Å². The lowest BCUT2D eigenvalue weighted by atomic mass is 10.2. The van der Waals surface area contributed by atoms with Gasteiger partial charge in [-0.3, -0.25) is 0 Å². The molecule has 0 unspecified atom stereocenters. The van der Waals surface area contributed by atoms with E-state index in [1.165, 1.54) is 10.2 Å². The van der Waals surface area contributed by atoms with Crippen LogP contribution in [0, 0.1) is 0 Å². The molecule has 0 aliphatic carbocycles. The Kier molecular flexibility index (Phi) is 5.60. The molecule has 0 aliphatic rings. The predicted octanol–water partition coefficient (Wildman–Crippen LogP) is 1.34. The second-order valence-corrected chi connectivity index (χ2v) is 5.43. The summed E-state index contributed by atoms with van der Waals surface area (Å²) >= 11 is 0. The van der Waals surface area contributed by atoms with E-state index in [1.807, 2.05) is 12.1 Å². The van der Waals surface area contributed by atoms with Gasteiger partial charge in [-0.2, -0.15) is 4.98 Å². The first-order valence-corrected chi connectivity index (χ1v) is 7.31. The Bertz CT molecular complexity index is 576. The predicted molar refractivity (Wildman–Crippen MR) is 87.9 cm³/mol. The molecule has 7 heteroatoms. The Morgan fingerprint density at radius 1 is 1.36 bits per heavy atom. The standard InChI is InChI=1S/C15H24N6O/c1-20(2)11-12-6-4-7-13(10-12)22-9-5-8-17-15-18-14(16)21(3)19-15/h4,6-7,10H,5,8-9,11H2,1-3H3,(H3,16,17,18,19). The van der Waals surface area contributed by atoms with Crippen molar-refractivity contribution in [2.45, 2.75) is 13.0 Å². The van der Waals surface area contributed by atoms with Gasteiger partial charge in [0.2, 0.25) is 11.9 Å². The fraction of sp³-hybridized carbons (Fsp3) is 0.467. The number of nitrogens with one attached hydrogen (secondary N) is 1. The van der Waals surface area contributed by atoms with Gasteiger partial charge in [-0.15, -0.1) is 5.10 Å². The molecule has 0 spiro atoms. The molecule has 0 atom stereocenters. The zero-order chi connectivity index (χ0) is 15.9. The Labute approximate surface area is 131 Å². The van der Waals surface area contributed by atoms with Crippen LogP contribution in [0.1, 0.15) is 12.0 Å². The van der Waals surface area contributed by atoms with Gasteiger partial charge in [-0.1, -0.05) is 12.1 Å². The summed E-state index contributed by atoms with van der Waals surface area (Å²) in [6, 6.07) is 8.18. The molecule has 2 aromatic rings. The van der Waals surface area contributed by atoms with E-state index in [-0.39, 0.29) is 0 Å². The van der Waals surface area contributed by atoms with Crippen molar-refractivity contribution in [3.63, 3.8) is 0 Å². The second-order valence-electron chi connectivity index (χ2n) is 5.43. The van der Waals surface area contributed by atoms with Gasteiger partial charge in [-0.25, -0.2) is 4.68 Å². The molecule has 0 fully saturated rings. The highest BCUT2D eigenvalue weighted by Crippen LogP contribution is 2.14. The quantitative estimate of drug-likeness (QED) is 0.716. The van der Waals surface area contributed by atoms with Crippen molar-refractivity contribution in [2.75, 3.05) is 38.3 Å². The number of hydrogen-bond donors (Lipinski definition) is 2. The first-order valence-electron chi connectivity index (χ1n) is 7.31. The summed E-state index contributed by atoms with van der Waals surface area (Å²) in [5.41, 5.74) is 6.86. The highest BCUT2D eigenvalue weighted by molar-refractivity contribution is 5.31. The molecular weight excluding hydrogens is 280 g/mol. The van der Waals surface area contributed by atoms with Gasteiger partial charge >= 0.3 is 0 Å². The maximum absolute atomic E-state index is 5.77. The number of aryl methyl sites for hydroxylation is 1. The Hall–Kier alpha value is -2.28. The number of ether oxygens (including phenoxy) is 1. The Morgan fingerprint density at radius 2 is 2.18 bits per heavy atom. The normalized spacial score (nSPS) is 10.9. The van der Waals surface area contributed by atoms with E-state index < -0.39 is 0 Å². The highest BCUT2D eigenvalue weighted by Gasteiger charge is 2.02. The largest absolute Gasteiger partial charge is 0.494 e. The van der Waals surface area contributed by atoms with Crippen LogP contribution in [-0.4, -0.2) is 46.9 Å². The van der Waals surface area contributed by atoms with Crippen LogP contribution in [0.25, 0.3) is 0 Å². The monoisotopic (exact) mass is 304 g/mol. The third-order valence-corrected chi connectivity index (χ3v) is 3.07. The van der Waals surface area contributed by atoms with Crippen molar-refractivity contribution in [3.8, 4) is 5.75 Å². The summed E-state index contributed by atoms with van der Waals surface area (Å²) in [6.07, 6.45) is 0.857. The number of nitrogens with zero attached hydrogens (tertiary/aromatic N) is 4. The summed E-state index contributed by atoms with van der Waals surface area (Å²) in [5, 5.41) is 7.25. The van der Waals surface area contributed by atoms with Gasteiger partial charge in [0.05, 0.1) is 6.61 Å². The van der Waals surface area contributed by atoms with E-state index in [4.69, 9.17) is 10.5 Å². The van der Waals surface area contributed by atoms with Crippen LogP contribution >= 0.6 is 0 Å². The van der Waals surface area contributed by atoms with Gasteiger partial charge < -0.3 is 20.7 Å². The minimum absolute atomic E-state index is 0.399. The van der Waals surface area contributed by atoms with Crippen LogP contribution < -0.4 is 15.8 Å². The van der Waals surface area contributed by atoms with Crippen LogP contribution in [0.2, 0.25) is 0 Å². The number of rotatable bonds is 8. The van der Waals surface area contributed by atoms with Crippen LogP contribution in [-0.2, 0) is 13.6 Å². The number of nitrogens with two attached hydrogens (primary N) is 1. The Balaban J connectivity index is 1.70. The summed E-state index contributed by atoms with van der Waals surface area (Å²) in [6.45, 7) is 2.28. The van der Waals surface area contributed by atoms with Crippen molar-refractivity contribution < 1.29 is 4.74 Å². The van der Waals surface area contributed by atoms with Crippen LogP contribution in [0.3, 0.4) is 0 Å². The van der Waals surface area contributed by atoms with E-state index in [1.54, 1.807) is 7.05 Å². The van der Waals surface area contributed by atoms with E-state index in [0.717, 1.165) is 25.3 Å². The smallest absolute Gasteiger partial charge is 0.243 e. The van der Waals surface area contributed by atoms with Gasteiger partial charge in [0.25, 0.3) is 0 Å². The molecule has 0 radical (unpaired) electrons. The summed E-state index contributed by atoms with van der Waals surface area (Å²) in [7, 11) is 5.87. The third kappa shape index (κ3) is 4.92. The summed E-state index contributed by atoms with van der Waals surface area (Å²) in [5.74, 6) is 1.85. The molecule has 7 nitrogen and oxygen atoms in total. The van der Waals surface area contributed by atoms with Crippen LogP contribution in [0.15, 0.2) is 24.3 Å². The fourth-order valence-corrected chi connectivity index (χ4v) is 2.03. The molecule has 0 amide bonds. The van der Waals surface area contributed by atoms with Crippen molar-refractivity contribution >= 4 is 11.9 Å². The van der Waals surface area contributed by atoms with E-state index in [2.05, 4.69) is 46.5 Å². The van der Waals surface area contributed by atoms with E-state index >= 15 is 0 Å². The number of nitrogen functional groups attached to an aromatic ring is 1. The lowest BCUT2D eigenvalue weighted by Gasteiger charge is -2.11. The molecule has 22 heavy (non-hydrogen) atoms. The molecule has 120 valence electrons. The van der Waals surface area contributed by atoms with E-state index in [0.29, 0.717) is 18.5 Å². The Morgan fingerprint density at radius 3 is 2.86 bits per heavy atom. The number of anilines is 2. The zero-order valence-corrected chi connectivity index (χ0v) is 13.4. The van der Waals surface area contributed by atoms with Gasteiger partial charge in [0.1, 0.15) is 5.75 Å². The lowest BCUT2D eigenvalue weighted by molar-refractivity contribution is 0.313.